The highest BCUT2D eigenvalue weighted by molar-refractivity contribution is 5.98. The molecule has 0 aromatic heterocycles. The van der Waals surface area contributed by atoms with Gasteiger partial charge < -0.3 is 4.90 Å². The third-order valence-corrected chi connectivity index (χ3v) is 12.6. The number of benzene rings is 9. The number of nitrogens with zero attached hydrogens (tertiary/aromatic N) is 1. The van der Waals surface area contributed by atoms with Gasteiger partial charge in [-0.15, -0.1) is 0 Å². The van der Waals surface area contributed by atoms with Crippen LogP contribution in [0.4, 0.5) is 17.1 Å². The van der Waals surface area contributed by atoms with Gasteiger partial charge in [0.15, 0.2) is 0 Å². The Morgan fingerprint density at radius 1 is 0.367 bits per heavy atom. The number of rotatable bonds is 7. The monoisotopic (exact) mass is 771 g/mol. The van der Waals surface area contributed by atoms with Crippen LogP contribution in [-0.4, -0.2) is 0 Å². The first-order valence-electron chi connectivity index (χ1n) is 21.2. The molecule has 0 aliphatic heterocycles. The third-order valence-electron chi connectivity index (χ3n) is 12.6. The van der Waals surface area contributed by atoms with Crippen LogP contribution in [0.25, 0.3) is 66.4 Å². The van der Waals surface area contributed by atoms with Crippen LogP contribution in [0, 0.1) is 0 Å². The Kier molecular flexibility index (Phi) is 9.14. The van der Waals surface area contributed by atoms with E-state index in [1.807, 2.05) is 0 Å². The van der Waals surface area contributed by atoms with E-state index in [0.717, 1.165) is 11.4 Å². The maximum Gasteiger partial charge on any atom is 0.0499 e. The van der Waals surface area contributed by atoms with E-state index in [0.29, 0.717) is 0 Å². The Labute approximate surface area is 355 Å². The molecule has 0 atom stereocenters. The quantitative estimate of drug-likeness (QED) is 0.156. The van der Waals surface area contributed by atoms with E-state index in [9.17, 15) is 0 Å². The van der Waals surface area contributed by atoms with Crippen LogP contribution < -0.4 is 4.90 Å². The molecule has 9 aromatic carbocycles. The van der Waals surface area contributed by atoms with Crippen molar-refractivity contribution in [2.45, 2.75) is 45.4 Å². The predicted molar refractivity (Wildman–Crippen MR) is 257 cm³/mol. The lowest BCUT2D eigenvalue weighted by atomic mass is 9.81. The van der Waals surface area contributed by atoms with Gasteiger partial charge in [0, 0.05) is 22.5 Å². The minimum absolute atomic E-state index is 0.0682. The summed E-state index contributed by atoms with van der Waals surface area (Å²) >= 11 is 0. The molecular formula is C59H49N. The largest absolute Gasteiger partial charge is 0.310 e. The molecule has 0 radical (unpaired) electrons. The van der Waals surface area contributed by atoms with Crippen molar-refractivity contribution >= 4 is 27.8 Å². The summed E-state index contributed by atoms with van der Waals surface area (Å²) in [6, 6.07) is 76.1. The fraction of sp³-hybridized carbons (Fsp3) is 0.119. The average molecular weight is 772 g/mol. The minimum Gasteiger partial charge on any atom is -0.310 e. The Morgan fingerprint density at radius 2 is 0.900 bits per heavy atom. The molecule has 0 heterocycles. The van der Waals surface area contributed by atoms with Gasteiger partial charge >= 0.3 is 0 Å². The maximum atomic E-state index is 2.46. The number of anilines is 3. The normalized spacial score (nSPS) is 12.9. The lowest BCUT2D eigenvalue weighted by Crippen LogP contribution is -2.19. The molecule has 1 aliphatic rings. The van der Waals surface area contributed by atoms with Gasteiger partial charge in [-0.2, -0.15) is 0 Å². The first-order valence-corrected chi connectivity index (χ1v) is 21.2. The number of fused-ring (bicyclic) bond motifs is 4. The van der Waals surface area contributed by atoms with Crippen LogP contribution in [0.3, 0.4) is 0 Å². The Bertz CT molecular complexity index is 3030. The van der Waals surface area contributed by atoms with Crippen LogP contribution in [0.15, 0.2) is 206 Å². The average Bonchev–Trinajstić information content (AvgIpc) is 3.52. The van der Waals surface area contributed by atoms with E-state index in [1.165, 1.54) is 88.8 Å². The summed E-state index contributed by atoms with van der Waals surface area (Å²) in [4.78, 5) is 2.46. The highest BCUT2D eigenvalue weighted by Crippen LogP contribution is 2.50. The van der Waals surface area contributed by atoms with Crippen molar-refractivity contribution in [3.8, 4) is 55.6 Å². The van der Waals surface area contributed by atoms with Crippen molar-refractivity contribution in [1.82, 2.24) is 0 Å². The number of hydrogen-bond donors (Lipinski definition) is 0. The van der Waals surface area contributed by atoms with Gasteiger partial charge in [-0.1, -0.05) is 198 Å². The first kappa shape index (κ1) is 37.3. The van der Waals surface area contributed by atoms with Gasteiger partial charge in [-0.3, -0.25) is 0 Å². The smallest absolute Gasteiger partial charge is 0.0499 e. The van der Waals surface area contributed by atoms with Crippen molar-refractivity contribution in [2.24, 2.45) is 0 Å². The molecule has 0 N–H and O–H groups in total. The molecule has 0 saturated heterocycles. The minimum atomic E-state index is -0.149. The first-order chi connectivity index (χ1) is 29.1. The summed E-state index contributed by atoms with van der Waals surface area (Å²) in [5, 5.41) is 2.52. The van der Waals surface area contributed by atoms with Gasteiger partial charge in [-0.25, -0.2) is 0 Å². The molecule has 9 aromatic rings. The summed E-state index contributed by atoms with van der Waals surface area (Å²) in [7, 11) is 0. The van der Waals surface area contributed by atoms with Crippen LogP contribution in [0.5, 0.6) is 0 Å². The maximum absolute atomic E-state index is 2.46. The van der Waals surface area contributed by atoms with Gasteiger partial charge in [0.2, 0.25) is 0 Å². The van der Waals surface area contributed by atoms with E-state index < -0.39 is 0 Å². The van der Waals surface area contributed by atoms with Crippen molar-refractivity contribution in [3.63, 3.8) is 0 Å². The van der Waals surface area contributed by atoms with Gasteiger partial charge in [-0.05, 0) is 131 Å². The molecule has 0 fully saturated rings. The molecule has 0 unspecified atom stereocenters. The summed E-state index contributed by atoms with van der Waals surface area (Å²) in [6.45, 7) is 11.7. The highest BCUT2D eigenvalue weighted by Gasteiger charge is 2.35. The lowest BCUT2D eigenvalue weighted by molar-refractivity contribution is 0.591. The zero-order valence-corrected chi connectivity index (χ0v) is 35.1. The van der Waals surface area contributed by atoms with Crippen LogP contribution >= 0.6 is 0 Å². The molecule has 0 amide bonds. The van der Waals surface area contributed by atoms with E-state index in [2.05, 4.69) is 246 Å². The molecule has 290 valence electrons. The standard InChI is InChI=1S/C59H49N/c1-58(2,3)56-39-45(51-27-16-20-42-19-9-10-23-48(42)51)32-36-57(56)60(46-33-29-41(30-34-46)40-17-7-6-8-18-40)47-22-15-21-43(37-47)49-24-11-12-25-50(49)44-31-35-53-52-26-13-14-28-54(52)59(4,5)55(53)38-44/h6-39H,1-5H3. The van der Waals surface area contributed by atoms with Crippen molar-refractivity contribution in [3.05, 3.63) is 223 Å². The molecule has 60 heavy (non-hydrogen) atoms. The molecule has 1 aliphatic carbocycles. The Balaban J connectivity index is 1.12. The zero-order valence-electron chi connectivity index (χ0n) is 35.1. The highest BCUT2D eigenvalue weighted by atomic mass is 15.1. The second-order valence-electron chi connectivity index (χ2n) is 17.8. The zero-order chi connectivity index (χ0) is 41.0. The molecule has 1 nitrogen and oxygen atoms in total. The molecule has 10 rings (SSSR count). The van der Waals surface area contributed by atoms with Gasteiger partial charge in [0.25, 0.3) is 0 Å². The van der Waals surface area contributed by atoms with E-state index in [-0.39, 0.29) is 10.8 Å². The molecule has 0 spiro atoms. The van der Waals surface area contributed by atoms with Crippen LogP contribution in [-0.2, 0) is 10.8 Å². The van der Waals surface area contributed by atoms with Crippen molar-refractivity contribution in [1.29, 1.82) is 0 Å². The molecule has 0 saturated carbocycles. The second kappa shape index (κ2) is 14.7. The summed E-state index contributed by atoms with van der Waals surface area (Å²) in [5.74, 6) is 0. The molecule has 1 heteroatoms. The van der Waals surface area contributed by atoms with E-state index >= 15 is 0 Å². The van der Waals surface area contributed by atoms with Crippen molar-refractivity contribution in [2.75, 3.05) is 4.90 Å². The van der Waals surface area contributed by atoms with Gasteiger partial charge in [0.1, 0.15) is 0 Å². The fourth-order valence-electron chi connectivity index (χ4n) is 9.51. The fourth-order valence-corrected chi connectivity index (χ4v) is 9.51. The van der Waals surface area contributed by atoms with Gasteiger partial charge in [0.05, 0.1) is 0 Å². The molecular weight excluding hydrogens is 723 g/mol. The number of hydrogen-bond acceptors (Lipinski definition) is 1. The lowest BCUT2D eigenvalue weighted by Gasteiger charge is -2.33. The summed E-state index contributed by atoms with van der Waals surface area (Å²) in [5.41, 5.74) is 19.7. The second-order valence-corrected chi connectivity index (χ2v) is 17.8. The SMILES string of the molecule is CC(C)(C)c1cc(-c2cccc3ccccc23)ccc1N(c1ccc(-c2ccccc2)cc1)c1cccc(-c2ccccc2-c2ccc3c(c2)C(C)(C)c2ccccc2-3)c1. The Hall–Kier alpha value is -6.96. The topological polar surface area (TPSA) is 3.24 Å². The summed E-state index contributed by atoms with van der Waals surface area (Å²) < 4.78 is 0. The summed E-state index contributed by atoms with van der Waals surface area (Å²) in [6.07, 6.45) is 0. The van der Waals surface area contributed by atoms with Crippen LogP contribution in [0.2, 0.25) is 0 Å². The van der Waals surface area contributed by atoms with Crippen LogP contribution in [0.1, 0.15) is 51.3 Å². The predicted octanol–water partition coefficient (Wildman–Crippen LogP) is 16.6. The Morgan fingerprint density at radius 3 is 1.67 bits per heavy atom. The van der Waals surface area contributed by atoms with E-state index in [1.54, 1.807) is 0 Å². The third kappa shape index (κ3) is 6.52. The van der Waals surface area contributed by atoms with E-state index in [4.69, 9.17) is 0 Å². The van der Waals surface area contributed by atoms with Crippen molar-refractivity contribution < 1.29 is 0 Å². The molecule has 0 bridgehead atoms.